The molecule has 3 aromatic carbocycles. The monoisotopic (exact) mass is 256 g/mol. The van der Waals surface area contributed by atoms with Crippen LogP contribution in [0.5, 0.6) is 0 Å². The average molecular weight is 256 g/mol. The van der Waals surface area contributed by atoms with Crippen LogP contribution < -0.4 is 0 Å². The van der Waals surface area contributed by atoms with Crippen LogP contribution in [0.2, 0.25) is 0 Å². The second kappa shape index (κ2) is 5.58. The van der Waals surface area contributed by atoms with Crippen LogP contribution in [0.4, 0.5) is 0 Å². The Morgan fingerprint density at radius 1 is 0.750 bits per heavy atom. The summed E-state index contributed by atoms with van der Waals surface area (Å²) < 4.78 is 0. The first kappa shape index (κ1) is 12.4. The Bertz CT molecular complexity index is 764. The van der Waals surface area contributed by atoms with Crippen LogP contribution in [-0.4, -0.2) is 0 Å². The molecule has 0 aliphatic rings. The molecular formula is C20H16. The maximum Gasteiger partial charge on any atom is -0.00328 e. The zero-order valence-electron chi connectivity index (χ0n) is 11.3. The summed E-state index contributed by atoms with van der Waals surface area (Å²) in [5.74, 6) is 0. The first-order chi connectivity index (χ1) is 9.90. The third-order valence-electron chi connectivity index (χ3n) is 3.44. The van der Waals surface area contributed by atoms with Gasteiger partial charge in [0, 0.05) is 0 Å². The molecule has 0 saturated carbocycles. The zero-order chi connectivity index (χ0) is 13.8. The molecule has 0 aromatic heterocycles. The molecular weight excluding hydrogens is 240 g/mol. The van der Waals surface area contributed by atoms with E-state index in [4.69, 9.17) is 0 Å². The normalized spacial score (nSPS) is 11.0. The van der Waals surface area contributed by atoms with E-state index in [1.165, 1.54) is 27.5 Å². The van der Waals surface area contributed by atoms with Crippen molar-refractivity contribution in [2.75, 3.05) is 0 Å². The number of hydrogen-bond acceptors (Lipinski definition) is 0. The number of fused-ring (bicyclic) bond motifs is 1. The summed E-state index contributed by atoms with van der Waals surface area (Å²) in [7, 11) is 0. The first-order valence-electron chi connectivity index (χ1n) is 6.76. The van der Waals surface area contributed by atoms with Crippen molar-refractivity contribution in [1.82, 2.24) is 0 Å². The molecule has 3 aromatic rings. The fourth-order valence-corrected chi connectivity index (χ4v) is 2.53. The SMILES string of the molecule is C=CC=Cc1ccc2ccccc2c1-c1ccccc1. The molecule has 0 amide bonds. The van der Waals surface area contributed by atoms with Gasteiger partial charge in [-0.05, 0) is 27.5 Å². The molecule has 0 atom stereocenters. The maximum absolute atomic E-state index is 3.75. The first-order valence-corrected chi connectivity index (χ1v) is 6.76. The van der Waals surface area contributed by atoms with Crippen molar-refractivity contribution in [2.24, 2.45) is 0 Å². The second-order valence-electron chi connectivity index (χ2n) is 4.71. The molecule has 0 spiro atoms. The average Bonchev–Trinajstić information content (AvgIpc) is 2.53. The van der Waals surface area contributed by atoms with Crippen LogP contribution in [0.3, 0.4) is 0 Å². The van der Waals surface area contributed by atoms with Gasteiger partial charge in [0.1, 0.15) is 0 Å². The van der Waals surface area contributed by atoms with Crippen molar-refractivity contribution in [3.05, 3.63) is 91.0 Å². The van der Waals surface area contributed by atoms with Crippen LogP contribution in [0.25, 0.3) is 28.0 Å². The van der Waals surface area contributed by atoms with Gasteiger partial charge in [0.2, 0.25) is 0 Å². The van der Waals surface area contributed by atoms with Crippen molar-refractivity contribution in [1.29, 1.82) is 0 Å². The van der Waals surface area contributed by atoms with Crippen molar-refractivity contribution in [3.8, 4) is 11.1 Å². The second-order valence-corrected chi connectivity index (χ2v) is 4.71. The molecule has 0 heteroatoms. The minimum absolute atomic E-state index is 1.22. The van der Waals surface area contributed by atoms with E-state index in [1.54, 1.807) is 0 Å². The van der Waals surface area contributed by atoms with E-state index in [1.807, 2.05) is 18.2 Å². The topological polar surface area (TPSA) is 0 Å². The van der Waals surface area contributed by atoms with E-state index in [2.05, 4.69) is 73.3 Å². The molecule has 0 N–H and O–H groups in total. The molecule has 0 nitrogen and oxygen atoms in total. The molecule has 96 valence electrons. The number of hydrogen-bond donors (Lipinski definition) is 0. The van der Waals surface area contributed by atoms with Crippen molar-refractivity contribution in [3.63, 3.8) is 0 Å². The highest BCUT2D eigenvalue weighted by atomic mass is 14.1. The Balaban J connectivity index is 2.34. The van der Waals surface area contributed by atoms with Gasteiger partial charge < -0.3 is 0 Å². The van der Waals surface area contributed by atoms with Crippen LogP contribution in [0.1, 0.15) is 5.56 Å². The predicted molar refractivity (Wildman–Crippen MR) is 88.6 cm³/mol. The highest BCUT2D eigenvalue weighted by Gasteiger charge is 2.07. The van der Waals surface area contributed by atoms with Gasteiger partial charge in [0.05, 0.1) is 0 Å². The van der Waals surface area contributed by atoms with E-state index in [0.29, 0.717) is 0 Å². The summed E-state index contributed by atoms with van der Waals surface area (Å²) in [5, 5.41) is 2.55. The highest BCUT2D eigenvalue weighted by molar-refractivity contribution is 6.00. The molecule has 20 heavy (non-hydrogen) atoms. The zero-order valence-corrected chi connectivity index (χ0v) is 11.3. The lowest BCUT2D eigenvalue weighted by molar-refractivity contribution is 1.63. The lowest BCUT2D eigenvalue weighted by Crippen LogP contribution is -1.86. The number of benzene rings is 3. The minimum atomic E-state index is 1.22. The molecule has 0 aliphatic heterocycles. The molecule has 0 heterocycles. The lowest BCUT2D eigenvalue weighted by Gasteiger charge is -2.11. The molecule has 0 unspecified atom stereocenters. The summed E-state index contributed by atoms with van der Waals surface area (Å²) in [6, 6.07) is 23.4. The van der Waals surface area contributed by atoms with Gasteiger partial charge in [-0.25, -0.2) is 0 Å². The predicted octanol–water partition coefficient (Wildman–Crippen LogP) is 5.71. The lowest BCUT2D eigenvalue weighted by atomic mass is 9.93. The third kappa shape index (κ3) is 2.28. The van der Waals surface area contributed by atoms with Crippen LogP contribution in [-0.2, 0) is 0 Å². The summed E-state index contributed by atoms with van der Waals surface area (Å²) in [6.07, 6.45) is 5.91. The van der Waals surface area contributed by atoms with E-state index in [0.717, 1.165) is 0 Å². The van der Waals surface area contributed by atoms with Gasteiger partial charge in [-0.3, -0.25) is 0 Å². The van der Waals surface area contributed by atoms with Crippen molar-refractivity contribution >= 4 is 16.8 Å². The summed E-state index contributed by atoms with van der Waals surface area (Å²) >= 11 is 0. The van der Waals surface area contributed by atoms with Gasteiger partial charge in [-0.1, -0.05) is 91.5 Å². The van der Waals surface area contributed by atoms with Gasteiger partial charge >= 0.3 is 0 Å². The summed E-state index contributed by atoms with van der Waals surface area (Å²) in [5.41, 5.74) is 3.74. The highest BCUT2D eigenvalue weighted by Crippen LogP contribution is 2.32. The Hall–Kier alpha value is -2.60. The summed E-state index contributed by atoms with van der Waals surface area (Å²) in [4.78, 5) is 0. The van der Waals surface area contributed by atoms with Gasteiger partial charge in [-0.15, -0.1) is 0 Å². The largest absolute Gasteiger partial charge is 0.0991 e. The molecule has 3 rings (SSSR count). The summed E-state index contributed by atoms with van der Waals surface area (Å²) in [6.45, 7) is 3.75. The maximum atomic E-state index is 3.75. The van der Waals surface area contributed by atoms with Gasteiger partial charge in [0.25, 0.3) is 0 Å². The van der Waals surface area contributed by atoms with E-state index in [-0.39, 0.29) is 0 Å². The van der Waals surface area contributed by atoms with Crippen LogP contribution in [0, 0.1) is 0 Å². The molecule has 0 radical (unpaired) electrons. The Morgan fingerprint density at radius 2 is 1.50 bits per heavy atom. The molecule has 0 aliphatic carbocycles. The number of rotatable bonds is 3. The third-order valence-corrected chi connectivity index (χ3v) is 3.44. The quantitative estimate of drug-likeness (QED) is 0.527. The van der Waals surface area contributed by atoms with E-state index < -0.39 is 0 Å². The van der Waals surface area contributed by atoms with E-state index in [9.17, 15) is 0 Å². The van der Waals surface area contributed by atoms with Crippen LogP contribution in [0.15, 0.2) is 85.5 Å². The standard InChI is InChI=1S/C20H16/c1-2-3-9-18-15-14-16-10-7-8-13-19(16)20(18)17-11-5-4-6-12-17/h2-15H,1H2. The minimum Gasteiger partial charge on any atom is -0.0991 e. The number of allylic oxidation sites excluding steroid dienone is 2. The van der Waals surface area contributed by atoms with Gasteiger partial charge in [0.15, 0.2) is 0 Å². The van der Waals surface area contributed by atoms with Crippen molar-refractivity contribution < 1.29 is 0 Å². The van der Waals surface area contributed by atoms with Gasteiger partial charge in [-0.2, -0.15) is 0 Å². The fraction of sp³-hybridized carbons (Fsp3) is 0. The molecule has 0 fully saturated rings. The smallest absolute Gasteiger partial charge is 0.00328 e. The Kier molecular flexibility index (Phi) is 3.47. The van der Waals surface area contributed by atoms with E-state index >= 15 is 0 Å². The molecule has 0 bridgehead atoms. The Labute approximate surface area is 119 Å². The molecule has 0 saturated heterocycles. The van der Waals surface area contributed by atoms with Crippen molar-refractivity contribution in [2.45, 2.75) is 0 Å². The van der Waals surface area contributed by atoms with Crippen LogP contribution >= 0.6 is 0 Å². The Morgan fingerprint density at radius 3 is 2.30 bits per heavy atom. The fourth-order valence-electron chi connectivity index (χ4n) is 2.53.